The summed E-state index contributed by atoms with van der Waals surface area (Å²) in [7, 11) is 0. The molecule has 0 spiro atoms. The van der Waals surface area contributed by atoms with Crippen LogP contribution in [0.2, 0.25) is 0 Å². The van der Waals surface area contributed by atoms with Gasteiger partial charge in [0.25, 0.3) is 0 Å². The average molecular weight is 252 g/mol. The van der Waals surface area contributed by atoms with E-state index in [4.69, 9.17) is 0 Å². The zero-order valence-electron chi connectivity index (χ0n) is 11.5. The third-order valence-corrected chi connectivity index (χ3v) is 5.39. The lowest BCUT2D eigenvalue weighted by Crippen LogP contribution is -2.50. The quantitative estimate of drug-likeness (QED) is 0.730. The highest BCUT2D eigenvalue weighted by Gasteiger charge is 2.55. The lowest BCUT2D eigenvalue weighted by Gasteiger charge is -2.42. The van der Waals surface area contributed by atoms with Gasteiger partial charge in [-0.25, -0.2) is 0 Å². The summed E-state index contributed by atoms with van der Waals surface area (Å²) >= 11 is 0. The van der Waals surface area contributed by atoms with Crippen LogP contribution in [-0.4, -0.2) is 29.9 Å². The molecule has 1 heterocycles. The van der Waals surface area contributed by atoms with Gasteiger partial charge in [-0.3, -0.25) is 4.79 Å². The van der Waals surface area contributed by atoms with Crippen LogP contribution in [0, 0.1) is 16.7 Å². The van der Waals surface area contributed by atoms with Gasteiger partial charge in [0, 0.05) is 30.4 Å². The van der Waals surface area contributed by atoms with E-state index in [1.54, 1.807) is 6.92 Å². The molecule has 1 saturated heterocycles. The molecule has 1 amide bonds. The van der Waals surface area contributed by atoms with Crippen molar-refractivity contribution in [2.75, 3.05) is 13.1 Å². The van der Waals surface area contributed by atoms with E-state index in [1.807, 2.05) is 18.7 Å². The number of likely N-dealkylation sites (tertiary alicyclic amines) is 1. The first kappa shape index (κ1) is 13.4. The lowest BCUT2D eigenvalue weighted by molar-refractivity contribution is -0.323. The number of carbonyl (C=O) groups excluding carboxylic acids is 2. The largest absolute Gasteiger partial charge is 0.550 e. The minimum Gasteiger partial charge on any atom is -0.550 e. The predicted molar refractivity (Wildman–Crippen MR) is 65.4 cm³/mol. The second-order valence-corrected chi connectivity index (χ2v) is 6.46. The Labute approximate surface area is 108 Å². The highest BCUT2D eigenvalue weighted by molar-refractivity contribution is 5.83. The Balaban J connectivity index is 2.21. The maximum Gasteiger partial charge on any atom is 0.226 e. The zero-order chi connectivity index (χ0) is 13.6. The van der Waals surface area contributed by atoms with E-state index in [2.05, 4.69) is 0 Å². The topological polar surface area (TPSA) is 60.4 Å². The molecule has 1 saturated carbocycles. The molecule has 1 aliphatic heterocycles. The second-order valence-electron chi connectivity index (χ2n) is 6.46. The van der Waals surface area contributed by atoms with E-state index in [-0.39, 0.29) is 11.8 Å². The second kappa shape index (κ2) is 4.25. The standard InChI is InChI=1S/C14H23NO3/c1-13(2)10(6-7-14(13,3)12(17)18)11(16)15-8-4-5-9-15/h10H,4-9H2,1-3H3,(H,17,18)/p-1/t10-,14+/m1/s1. The highest BCUT2D eigenvalue weighted by Crippen LogP contribution is 2.56. The molecule has 4 heteroatoms. The zero-order valence-corrected chi connectivity index (χ0v) is 11.5. The lowest BCUT2D eigenvalue weighted by atomic mass is 9.65. The molecule has 0 aromatic rings. The summed E-state index contributed by atoms with van der Waals surface area (Å²) in [5.74, 6) is -1.06. The van der Waals surface area contributed by atoms with E-state index in [0.29, 0.717) is 12.8 Å². The van der Waals surface area contributed by atoms with Crippen molar-refractivity contribution in [2.45, 2.75) is 46.5 Å². The fraction of sp³-hybridized carbons (Fsp3) is 0.857. The Morgan fingerprint density at radius 2 is 1.72 bits per heavy atom. The summed E-state index contributed by atoms with van der Waals surface area (Å²) < 4.78 is 0. The number of carboxylic acids is 1. The molecule has 0 N–H and O–H groups in total. The predicted octanol–water partition coefficient (Wildman–Crippen LogP) is 0.801. The van der Waals surface area contributed by atoms with Crippen molar-refractivity contribution >= 4 is 11.9 Å². The summed E-state index contributed by atoms with van der Waals surface area (Å²) in [5, 5.41) is 11.4. The number of hydrogen-bond acceptors (Lipinski definition) is 3. The maximum atomic E-state index is 12.5. The number of rotatable bonds is 2. The molecule has 0 radical (unpaired) electrons. The van der Waals surface area contributed by atoms with Gasteiger partial charge in [0.05, 0.1) is 0 Å². The van der Waals surface area contributed by atoms with Crippen molar-refractivity contribution in [3.05, 3.63) is 0 Å². The van der Waals surface area contributed by atoms with Gasteiger partial charge in [-0.05, 0) is 31.1 Å². The first-order valence-corrected chi connectivity index (χ1v) is 6.81. The van der Waals surface area contributed by atoms with Gasteiger partial charge in [0.1, 0.15) is 0 Å². The van der Waals surface area contributed by atoms with Crippen LogP contribution in [0.5, 0.6) is 0 Å². The van der Waals surface area contributed by atoms with Crippen LogP contribution < -0.4 is 5.11 Å². The number of carboxylic acid groups (broad SMARTS) is 1. The van der Waals surface area contributed by atoms with Gasteiger partial charge < -0.3 is 14.8 Å². The van der Waals surface area contributed by atoms with Gasteiger partial charge in [0.2, 0.25) is 5.91 Å². The molecule has 2 aliphatic rings. The molecule has 0 unspecified atom stereocenters. The fourth-order valence-corrected chi connectivity index (χ4v) is 3.46. The van der Waals surface area contributed by atoms with Crippen molar-refractivity contribution in [3.8, 4) is 0 Å². The Hall–Kier alpha value is -1.06. The Morgan fingerprint density at radius 3 is 2.17 bits per heavy atom. The van der Waals surface area contributed by atoms with Gasteiger partial charge in [-0.1, -0.05) is 20.8 Å². The van der Waals surface area contributed by atoms with E-state index in [1.165, 1.54) is 0 Å². The van der Waals surface area contributed by atoms with Crippen molar-refractivity contribution in [2.24, 2.45) is 16.7 Å². The molecule has 2 fully saturated rings. The highest BCUT2D eigenvalue weighted by atomic mass is 16.4. The molecular formula is C14H22NO3-. The number of nitrogens with zero attached hydrogens (tertiary/aromatic N) is 1. The summed E-state index contributed by atoms with van der Waals surface area (Å²) in [6.07, 6.45) is 3.33. The molecule has 2 rings (SSSR count). The molecule has 4 nitrogen and oxygen atoms in total. The summed E-state index contributed by atoms with van der Waals surface area (Å²) in [5.41, 5.74) is -1.43. The van der Waals surface area contributed by atoms with E-state index in [0.717, 1.165) is 25.9 Å². The van der Waals surface area contributed by atoms with Crippen molar-refractivity contribution in [3.63, 3.8) is 0 Å². The molecule has 0 aromatic heterocycles. The SMILES string of the molecule is CC1(C)[C@@H](C(=O)N2CCCC2)CC[C@@]1(C)C(=O)[O-]. The third kappa shape index (κ3) is 1.73. The number of amides is 1. The normalized spacial score (nSPS) is 34.8. The van der Waals surface area contributed by atoms with E-state index in [9.17, 15) is 14.7 Å². The minimum atomic E-state index is -1.02. The van der Waals surface area contributed by atoms with Gasteiger partial charge in [0.15, 0.2) is 0 Å². The molecule has 2 atom stereocenters. The first-order valence-electron chi connectivity index (χ1n) is 6.81. The Morgan fingerprint density at radius 1 is 1.17 bits per heavy atom. The van der Waals surface area contributed by atoms with E-state index < -0.39 is 16.8 Å². The van der Waals surface area contributed by atoms with Crippen LogP contribution in [-0.2, 0) is 9.59 Å². The monoisotopic (exact) mass is 252 g/mol. The van der Waals surface area contributed by atoms with Crippen LogP contribution in [0.4, 0.5) is 0 Å². The molecule has 102 valence electrons. The van der Waals surface area contributed by atoms with Crippen LogP contribution in [0.1, 0.15) is 46.5 Å². The van der Waals surface area contributed by atoms with Crippen LogP contribution >= 0.6 is 0 Å². The minimum absolute atomic E-state index is 0.141. The maximum absolute atomic E-state index is 12.5. The Bertz CT molecular complexity index is 371. The molecule has 0 aromatic carbocycles. The third-order valence-electron chi connectivity index (χ3n) is 5.39. The molecule has 18 heavy (non-hydrogen) atoms. The Kier molecular flexibility index (Phi) is 3.16. The van der Waals surface area contributed by atoms with Crippen molar-refractivity contribution in [1.29, 1.82) is 0 Å². The van der Waals surface area contributed by atoms with Crippen LogP contribution in [0.25, 0.3) is 0 Å². The summed E-state index contributed by atoms with van der Waals surface area (Å²) in [6.45, 7) is 7.17. The number of hydrogen-bond donors (Lipinski definition) is 0. The van der Waals surface area contributed by atoms with Crippen LogP contribution in [0.15, 0.2) is 0 Å². The van der Waals surface area contributed by atoms with Crippen molar-refractivity contribution < 1.29 is 14.7 Å². The summed E-state index contributed by atoms with van der Waals surface area (Å²) in [6, 6.07) is 0. The molecule has 1 aliphatic carbocycles. The molecule has 0 bridgehead atoms. The fourth-order valence-electron chi connectivity index (χ4n) is 3.46. The van der Waals surface area contributed by atoms with Gasteiger partial charge >= 0.3 is 0 Å². The van der Waals surface area contributed by atoms with Crippen molar-refractivity contribution in [1.82, 2.24) is 4.90 Å². The smallest absolute Gasteiger partial charge is 0.226 e. The van der Waals surface area contributed by atoms with Crippen LogP contribution in [0.3, 0.4) is 0 Å². The average Bonchev–Trinajstić information content (AvgIpc) is 2.87. The van der Waals surface area contributed by atoms with Gasteiger partial charge in [-0.15, -0.1) is 0 Å². The number of aliphatic carboxylic acids is 1. The van der Waals surface area contributed by atoms with E-state index >= 15 is 0 Å². The summed E-state index contributed by atoms with van der Waals surface area (Å²) in [4.78, 5) is 25.8. The first-order chi connectivity index (χ1) is 8.30. The van der Waals surface area contributed by atoms with Gasteiger partial charge in [-0.2, -0.15) is 0 Å². The number of carbonyl (C=O) groups is 2. The molecular weight excluding hydrogens is 230 g/mol.